The molecule has 1 aromatic carbocycles. The second-order valence-electron chi connectivity index (χ2n) is 12.6. The zero-order valence-corrected chi connectivity index (χ0v) is 25.9. The van der Waals surface area contributed by atoms with Gasteiger partial charge in [-0.15, -0.1) is 0 Å². The minimum atomic E-state index is -0.547. The van der Waals surface area contributed by atoms with Crippen molar-refractivity contribution >= 4 is 28.4 Å². The third-order valence-corrected chi connectivity index (χ3v) is 8.87. The first-order valence-corrected chi connectivity index (χ1v) is 16.3. The number of ketones is 2. The number of hydrogen-bond acceptors (Lipinski definition) is 5. The van der Waals surface area contributed by atoms with E-state index in [0.717, 1.165) is 49.4 Å². The van der Waals surface area contributed by atoms with E-state index in [4.69, 9.17) is 9.84 Å². The molecule has 2 bridgehead atoms. The van der Waals surface area contributed by atoms with E-state index in [1.165, 1.54) is 49.7 Å². The van der Waals surface area contributed by atoms with Crippen LogP contribution >= 0.6 is 0 Å². The molecule has 1 fully saturated rings. The minimum Gasteiger partial charge on any atom is -0.376 e. The number of Topliss-reactive ketones (excluding diaryl/α,β-unsaturated/α-hetero) is 2. The zero-order chi connectivity index (χ0) is 29.4. The van der Waals surface area contributed by atoms with Crippen molar-refractivity contribution in [2.24, 2.45) is 5.92 Å². The molecule has 7 heteroatoms. The molecule has 0 spiro atoms. The third-order valence-electron chi connectivity index (χ3n) is 8.87. The Kier molecular flexibility index (Phi) is 11.5. The van der Waals surface area contributed by atoms with Crippen molar-refractivity contribution in [3.8, 4) is 0 Å². The van der Waals surface area contributed by atoms with E-state index in [9.17, 15) is 14.4 Å². The number of aromatic nitrogens is 2. The first-order valence-electron chi connectivity index (χ1n) is 16.3. The van der Waals surface area contributed by atoms with Crippen LogP contribution in [0.2, 0.25) is 0 Å². The lowest BCUT2D eigenvalue weighted by Gasteiger charge is -2.27. The largest absolute Gasteiger partial charge is 0.376 e. The number of carbonyl (C=O) groups is 3. The SMILES string of the molecule is CCC(=O)[C@@H]1[C@H]2CCN1C(=O)Cn1nc(C(C)=O)c3cc(CCC(C)C)cc(c31)CCCCCCCCCCCO2. The quantitative estimate of drug-likeness (QED) is 0.358. The van der Waals surface area contributed by atoms with Gasteiger partial charge in [-0.3, -0.25) is 19.1 Å². The molecule has 1 aromatic heterocycles. The van der Waals surface area contributed by atoms with Gasteiger partial charge >= 0.3 is 0 Å². The predicted molar refractivity (Wildman–Crippen MR) is 163 cm³/mol. The van der Waals surface area contributed by atoms with Gasteiger partial charge in [0.25, 0.3) is 0 Å². The molecule has 0 unspecified atom stereocenters. The maximum Gasteiger partial charge on any atom is 0.245 e. The Labute approximate surface area is 246 Å². The van der Waals surface area contributed by atoms with E-state index in [1.807, 2.05) is 6.92 Å². The molecule has 41 heavy (non-hydrogen) atoms. The van der Waals surface area contributed by atoms with Gasteiger partial charge in [0.15, 0.2) is 11.6 Å². The highest BCUT2D eigenvalue weighted by Gasteiger charge is 2.41. The van der Waals surface area contributed by atoms with Crippen molar-refractivity contribution in [1.82, 2.24) is 14.7 Å². The van der Waals surface area contributed by atoms with Gasteiger partial charge in [0, 0.05) is 31.9 Å². The smallest absolute Gasteiger partial charge is 0.245 e. The molecule has 4 rings (SSSR count). The van der Waals surface area contributed by atoms with Crippen molar-refractivity contribution in [2.45, 2.75) is 136 Å². The standard InChI is InChI=1S/C34H51N3O4/c1-5-29(39)34-30-18-19-36(34)31(40)23-37-33-27(15-13-11-9-7-6-8-10-12-14-20-41-30)21-26(17-16-24(2)3)22-28(33)32(35-37)25(4)38/h21-22,24,30,34H,5-20,23H2,1-4H3/t30-,34-/m1/s1. The van der Waals surface area contributed by atoms with Crippen molar-refractivity contribution < 1.29 is 19.1 Å². The lowest BCUT2D eigenvalue weighted by Crippen LogP contribution is -2.47. The van der Waals surface area contributed by atoms with Crippen LogP contribution in [0.5, 0.6) is 0 Å². The van der Waals surface area contributed by atoms with E-state index >= 15 is 0 Å². The molecule has 2 aromatic rings. The van der Waals surface area contributed by atoms with Crippen LogP contribution in [0.25, 0.3) is 10.9 Å². The number of hydrogen-bond donors (Lipinski definition) is 0. The molecule has 1 amide bonds. The van der Waals surface area contributed by atoms with Gasteiger partial charge in [-0.1, -0.05) is 71.8 Å². The van der Waals surface area contributed by atoms with Gasteiger partial charge in [-0.05, 0) is 61.6 Å². The highest BCUT2D eigenvalue weighted by atomic mass is 16.5. The second-order valence-corrected chi connectivity index (χ2v) is 12.6. The van der Waals surface area contributed by atoms with Crippen LogP contribution in [0.15, 0.2) is 12.1 Å². The summed E-state index contributed by atoms with van der Waals surface area (Å²) in [5.41, 5.74) is 3.74. The van der Waals surface area contributed by atoms with Crippen LogP contribution in [0, 0.1) is 5.92 Å². The average Bonchev–Trinajstić information content (AvgIpc) is 3.53. The number of ether oxygens (including phenoxy) is 1. The number of rotatable bonds is 6. The Bertz CT molecular complexity index is 1200. The first-order chi connectivity index (χ1) is 19.8. The number of amides is 1. The highest BCUT2D eigenvalue weighted by Crippen LogP contribution is 2.30. The molecule has 0 saturated carbocycles. The Morgan fingerprint density at radius 3 is 2.37 bits per heavy atom. The summed E-state index contributed by atoms with van der Waals surface area (Å²) in [6.07, 6.45) is 14.4. The lowest BCUT2D eigenvalue weighted by atomic mass is 9.95. The van der Waals surface area contributed by atoms with Gasteiger partial charge in [-0.25, -0.2) is 0 Å². The predicted octanol–water partition coefficient (Wildman–Crippen LogP) is 6.86. The van der Waals surface area contributed by atoms with Gasteiger partial charge in [0.05, 0.1) is 11.6 Å². The van der Waals surface area contributed by atoms with Crippen LogP contribution in [-0.2, 0) is 33.7 Å². The fraction of sp³-hybridized carbons (Fsp3) is 0.706. The van der Waals surface area contributed by atoms with Gasteiger partial charge in [0.2, 0.25) is 5.91 Å². The fourth-order valence-electron chi connectivity index (χ4n) is 6.55. The van der Waals surface area contributed by atoms with Gasteiger partial charge < -0.3 is 9.64 Å². The maximum atomic E-state index is 13.8. The number of nitrogens with zero attached hydrogens (tertiary/aromatic N) is 3. The highest BCUT2D eigenvalue weighted by molar-refractivity contribution is 6.06. The molecule has 2 atom stereocenters. The van der Waals surface area contributed by atoms with Crippen molar-refractivity contribution in [2.75, 3.05) is 13.2 Å². The Hall–Kier alpha value is -2.54. The molecule has 2 aliphatic rings. The van der Waals surface area contributed by atoms with Crippen molar-refractivity contribution in [1.29, 1.82) is 0 Å². The molecule has 0 radical (unpaired) electrons. The number of fused-ring (bicyclic) bond motifs is 2. The summed E-state index contributed by atoms with van der Waals surface area (Å²) in [4.78, 5) is 41.4. The molecule has 1 saturated heterocycles. The monoisotopic (exact) mass is 565 g/mol. The summed E-state index contributed by atoms with van der Waals surface area (Å²) in [5, 5.41) is 5.59. The average molecular weight is 566 g/mol. The first kappa shape index (κ1) is 31.4. The summed E-state index contributed by atoms with van der Waals surface area (Å²) in [7, 11) is 0. The zero-order valence-electron chi connectivity index (χ0n) is 25.9. The molecule has 2 aliphatic heterocycles. The summed E-state index contributed by atoms with van der Waals surface area (Å²) in [6.45, 7) is 9.03. The summed E-state index contributed by atoms with van der Waals surface area (Å²) in [5.74, 6) is 0.418. The van der Waals surface area contributed by atoms with Crippen LogP contribution in [0.3, 0.4) is 0 Å². The third kappa shape index (κ3) is 8.06. The topological polar surface area (TPSA) is 81.5 Å². The Morgan fingerprint density at radius 1 is 1.02 bits per heavy atom. The molecular formula is C34H51N3O4. The minimum absolute atomic E-state index is 0.0162. The molecule has 3 heterocycles. The van der Waals surface area contributed by atoms with Crippen molar-refractivity contribution in [3.05, 3.63) is 29.0 Å². The number of carbonyl (C=O) groups excluding carboxylic acids is 3. The van der Waals surface area contributed by atoms with Crippen LogP contribution in [0.1, 0.15) is 126 Å². The van der Waals surface area contributed by atoms with E-state index in [-0.39, 0.29) is 30.1 Å². The molecule has 0 N–H and O–H groups in total. The van der Waals surface area contributed by atoms with Crippen molar-refractivity contribution in [3.63, 3.8) is 0 Å². The molecular weight excluding hydrogens is 514 g/mol. The Balaban J connectivity index is 1.71. The summed E-state index contributed by atoms with van der Waals surface area (Å²) in [6, 6.07) is 3.86. The van der Waals surface area contributed by atoms with E-state index in [1.54, 1.807) is 16.5 Å². The second kappa shape index (κ2) is 15.1. The van der Waals surface area contributed by atoms with E-state index < -0.39 is 6.04 Å². The van der Waals surface area contributed by atoms with Gasteiger partial charge in [0.1, 0.15) is 18.3 Å². The fourth-order valence-corrected chi connectivity index (χ4v) is 6.55. The van der Waals surface area contributed by atoms with Crippen LogP contribution < -0.4 is 0 Å². The summed E-state index contributed by atoms with van der Waals surface area (Å²) < 4.78 is 7.97. The number of benzene rings is 1. The van der Waals surface area contributed by atoms with Crippen LogP contribution in [-0.4, -0.2) is 57.5 Å². The van der Waals surface area contributed by atoms with E-state index in [0.29, 0.717) is 37.6 Å². The van der Waals surface area contributed by atoms with Crippen LogP contribution in [0.4, 0.5) is 0 Å². The normalized spacial score (nSPS) is 21.9. The lowest BCUT2D eigenvalue weighted by molar-refractivity contribution is -0.141. The Morgan fingerprint density at radius 2 is 1.71 bits per heavy atom. The number of aryl methyl sites for hydroxylation is 2. The summed E-state index contributed by atoms with van der Waals surface area (Å²) >= 11 is 0. The molecule has 226 valence electrons. The molecule has 0 aliphatic carbocycles. The van der Waals surface area contributed by atoms with E-state index in [2.05, 4.69) is 26.0 Å². The maximum absolute atomic E-state index is 13.8. The molecule has 7 nitrogen and oxygen atoms in total. The van der Waals surface area contributed by atoms with Gasteiger partial charge in [-0.2, -0.15) is 5.10 Å².